The molecular weight excluding hydrogens is 976 g/mol. The van der Waals surface area contributed by atoms with Crippen LogP contribution in [0.15, 0.2) is 200 Å². The molecular formula is C59H44N4OPt-2. The molecule has 0 atom stereocenters. The maximum absolute atomic E-state index is 6.70. The fourth-order valence-electron chi connectivity index (χ4n) is 9.24. The van der Waals surface area contributed by atoms with Gasteiger partial charge in [0, 0.05) is 44.3 Å². The maximum atomic E-state index is 6.70. The van der Waals surface area contributed by atoms with Crippen LogP contribution in [0.3, 0.4) is 0 Å². The molecule has 0 unspecified atom stereocenters. The molecule has 11 rings (SSSR count). The van der Waals surface area contributed by atoms with Crippen molar-refractivity contribution in [2.24, 2.45) is 0 Å². The number of nitrogens with zero attached hydrogens (tertiary/aromatic N) is 4. The zero-order valence-corrected chi connectivity index (χ0v) is 38.3. The van der Waals surface area contributed by atoms with Crippen molar-refractivity contribution in [3.63, 3.8) is 0 Å². The Morgan fingerprint density at radius 2 is 1.20 bits per heavy atom. The van der Waals surface area contributed by atoms with Gasteiger partial charge < -0.3 is 13.9 Å². The molecule has 0 N–H and O–H groups in total. The van der Waals surface area contributed by atoms with Crippen LogP contribution in [0.2, 0.25) is 0 Å². The Kier molecular flexibility index (Phi) is 11.6. The first-order chi connectivity index (χ1) is 31.6. The average Bonchev–Trinajstić information content (AvgIpc) is 3.91. The van der Waals surface area contributed by atoms with Gasteiger partial charge in [-0.25, -0.2) is 4.98 Å². The Hall–Kier alpha value is -7.33. The topological polar surface area (TPSA) is 35.9 Å². The summed E-state index contributed by atoms with van der Waals surface area (Å²) in [7, 11) is 0. The van der Waals surface area contributed by atoms with Gasteiger partial charge in [0.1, 0.15) is 5.82 Å². The minimum Gasteiger partial charge on any atom is -0.510 e. The summed E-state index contributed by atoms with van der Waals surface area (Å²) in [6.07, 6.45) is 7.84. The van der Waals surface area contributed by atoms with Gasteiger partial charge in [-0.2, -0.15) is 18.2 Å². The molecule has 5 nitrogen and oxygen atoms in total. The second kappa shape index (κ2) is 18.0. The molecule has 0 bridgehead atoms. The molecule has 0 spiro atoms. The Labute approximate surface area is 394 Å². The molecule has 65 heavy (non-hydrogen) atoms. The maximum Gasteiger partial charge on any atom is 0.268 e. The third kappa shape index (κ3) is 7.77. The van der Waals surface area contributed by atoms with Crippen LogP contribution in [0.4, 0.5) is 0 Å². The molecule has 6 heteroatoms. The number of hydrogen-bond acceptors (Lipinski definition) is 2. The Morgan fingerprint density at radius 1 is 0.554 bits per heavy atom. The van der Waals surface area contributed by atoms with E-state index in [0.717, 1.165) is 90.7 Å². The molecule has 8 aromatic carbocycles. The van der Waals surface area contributed by atoms with E-state index in [9.17, 15) is 0 Å². The van der Waals surface area contributed by atoms with Crippen LogP contribution in [0.1, 0.15) is 38.2 Å². The van der Waals surface area contributed by atoms with E-state index in [1.54, 1.807) is 0 Å². The molecule has 0 aliphatic rings. The van der Waals surface area contributed by atoms with Crippen LogP contribution in [0.25, 0.3) is 83.4 Å². The number of imidazole rings is 1. The molecule has 0 fully saturated rings. The predicted octanol–water partition coefficient (Wildman–Crippen LogP) is 14.5. The van der Waals surface area contributed by atoms with Crippen molar-refractivity contribution in [1.82, 2.24) is 14.1 Å². The Bertz CT molecular complexity index is 3390. The summed E-state index contributed by atoms with van der Waals surface area (Å²) in [5.74, 6) is 2.48. The standard InChI is InChI=1S/C59H44N4O.Pt/c1-3-41(4-2)46-34-35-60-58(37-46)63-54-33-30-45(42-18-8-5-9-19-42)36-53(54)52-32-31-49(39-57(52)63)64-48-25-16-24-47(38-48)61-40-62(56-29-15-14-28-55(56)61)59-50(43-20-10-6-11-21-43)26-17-27-51(59)44-22-12-7-13-23-44;/h5-37,41H,3-4H2,1-2H3;/q-2;. The number of pyridine rings is 1. The van der Waals surface area contributed by atoms with Gasteiger partial charge in [0.2, 0.25) is 0 Å². The molecule has 0 radical (unpaired) electrons. The SMILES string of the molecule is CCC(CC)c1ccnc(-n2c3[c-]c(Oc4[c-]c(-n5[c-][n+](-c6c(-c7ccccc7)cccc6-c6ccccc6)c6ccccc65)ccc4)ccc3c3cc(-c4ccccc4)ccc32)c1.[Pt]. The van der Waals surface area contributed by atoms with E-state index in [1.807, 2.05) is 24.4 Å². The van der Waals surface area contributed by atoms with Crippen molar-refractivity contribution < 1.29 is 30.4 Å². The van der Waals surface area contributed by atoms with Crippen LogP contribution in [-0.2, 0) is 21.1 Å². The molecule has 0 amide bonds. The largest absolute Gasteiger partial charge is 0.510 e. The zero-order chi connectivity index (χ0) is 43.0. The zero-order valence-electron chi connectivity index (χ0n) is 36.1. The van der Waals surface area contributed by atoms with Crippen molar-refractivity contribution in [2.75, 3.05) is 0 Å². The van der Waals surface area contributed by atoms with Crippen molar-refractivity contribution in [3.8, 4) is 62.1 Å². The van der Waals surface area contributed by atoms with E-state index in [-0.39, 0.29) is 21.1 Å². The van der Waals surface area contributed by atoms with E-state index >= 15 is 0 Å². The minimum absolute atomic E-state index is 0. The fraction of sp³-hybridized carbons (Fsp3) is 0.0847. The van der Waals surface area contributed by atoms with Crippen LogP contribution in [0, 0.1) is 18.5 Å². The number of rotatable bonds is 11. The second-order valence-corrected chi connectivity index (χ2v) is 16.2. The van der Waals surface area contributed by atoms with Gasteiger partial charge in [0.25, 0.3) is 6.33 Å². The number of para-hydroxylation sites is 3. The van der Waals surface area contributed by atoms with Gasteiger partial charge in [-0.05, 0) is 87.0 Å². The van der Waals surface area contributed by atoms with Gasteiger partial charge >= 0.3 is 0 Å². The number of hydrogen-bond donors (Lipinski definition) is 0. The van der Waals surface area contributed by atoms with E-state index in [0.29, 0.717) is 17.4 Å². The van der Waals surface area contributed by atoms with E-state index in [1.165, 1.54) is 11.1 Å². The van der Waals surface area contributed by atoms with Gasteiger partial charge in [-0.15, -0.1) is 29.7 Å². The molecule has 3 heterocycles. The first-order valence-electron chi connectivity index (χ1n) is 22.1. The predicted molar refractivity (Wildman–Crippen MR) is 260 cm³/mol. The van der Waals surface area contributed by atoms with E-state index in [2.05, 4.69) is 222 Å². The van der Waals surface area contributed by atoms with Gasteiger partial charge in [-0.1, -0.05) is 165 Å². The summed E-state index contributed by atoms with van der Waals surface area (Å²) in [5, 5.41) is 2.21. The van der Waals surface area contributed by atoms with Crippen molar-refractivity contribution in [2.45, 2.75) is 32.6 Å². The normalized spacial score (nSPS) is 11.4. The van der Waals surface area contributed by atoms with Crippen LogP contribution in [0.5, 0.6) is 11.5 Å². The molecule has 318 valence electrons. The van der Waals surface area contributed by atoms with Crippen LogP contribution in [-0.4, -0.2) is 14.1 Å². The molecule has 0 saturated carbocycles. The summed E-state index contributed by atoms with van der Waals surface area (Å²) in [5.41, 5.74) is 14.0. The van der Waals surface area contributed by atoms with Crippen LogP contribution < -0.4 is 9.30 Å². The van der Waals surface area contributed by atoms with Gasteiger partial charge in [-0.3, -0.25) is 4.57 Å². The summed E-state index contributed by atoms with van der Waals surface area (Å²) < 4.78 is 13.2. The van der Waals surface area contributed by atoms with Crippen molar-refractivity contribution >= 4 is 32.8 Å². The average molecular weight is 1020 g/mol. The third-order valence-electron chi connectivity index (χ3n) is 12.4. The summed E-state index contributed by atoms with van der Waals surface area (Å²) in [6.45, 7) is 4.51. The fourth-order valence-corrected chi connectivity index (χ4v) is 9.24. The van der Waals surface area contributed by atoms with Crippen molar-refractivity contribution in [1.29, 1.82) is 0 Å². The Morgan fingerprint density at radius 3 is 1.91 bits per heavy atom. The monoisotopic (exact) mass is 1020 g/mol. The summed E-state index contributed by atoms with van der Waals surface area (Å²) in [6, 6.07) is 75.2. The minimum atomic E-state index is 0. The molecule has 0 aliphatic heterocycles. The smallest absolute Gasteiger partial charge is 0.268 e. The van der Waals surface area contributed by atoms with Crippen molar-refractivity contribution in [3.05, 3.63) is 224 Å². The number of benzene rings is 8. The number of ether oxygens (including phenoxy) is 1. The van der Waals surface area contributed by atoms with E-state index < -0.39 is 0 Å². The molecule has 0 aliphatic carbocycles. The summed E-state index contributed by atoms with van der Waals surface area (Å²) in [4.78, 5) is 4.95. The van der Waals surface area contributed by atoms with Gasteiger partial charge in [0.05, 0.1) is 16.7 Å². The number of aromatic nitrogens is 4. The quantitative estimate of drug-likeness (QED) is 0.0956. The number of fused-ring (bicyclic) bond motifs is 4. The van der Waals surface area contributed by atoms with Gasteiger partial charge in [0.15, 0.2) is 0 Å². The Balaban J connectivity index is 0.00000498. The first-order valence-corrected chi connectivity index (χ1v) is 22.1. The summed E-state index contributed by atoms with van der Waals surface area (Å²) >= 11 is 0. The third-order valence-corrected chi connectivity index (χ3v) is 12.4. The van der Waals surface area contributed by atoms with E-state index in [4.69, 9.17) is 9.72 Å². The van der Waals surface area contributed by atoms with Crippen LogP contribution >= 0.6 is 0 Å². The second-order valence-electron chi connectivity index (χ2n) is 16.2. The molecule has 11 aromatic rings. The molecule has 0 saturated heterocycles. The first kappa shape index (κ1) is 41.7. The molecule has 3 aromatic heterocycles.